The van der Waals surface area contributed by atoms with E-state index in [0.29, 0.717) is 17.3 Å². The minimum Gasteiger partial charge on any atom is -0.480 e. The third-order valence-corrected chi connectivity index (χ3v) is 4.08. The van der Waals surface area contributed by atoms with Crippen LogP contribution in [0, 0.1) is 6.92 Å². The van der Waals surface area contributed by atoms with Crippen molar-refractivity contribution in [1.82, 2.24) is 15.1 Å². The maximum atomic E-state index is 11.7. The normalized spacial score (nSPS) is 17.6. The van der Waals surface area contributed by atoms with E-state index in [0.717, 1.165) is 31.7 Å². The molecule has 1 aliphatic rings. The Morgan fingerprint density at radius 2 is 2.17 bits per heavy atom. The first-order chi connectivity index (χ1) is 11.6. The van der Waals surface area contributed by atoms with Crippen LogP contribution in [0.25, 0.3) is 0 Å². The summed E-state index contributed by atoms with van der Waals surface area (Å²) in [6.45, 7) is 3.41. The molecule has 0 saturated carbocycles. The van der Waals surface area contributed by atoms with Gasteiger partial charge in [-0.3, -0.25) is 0 Å². The van der Waals surface area contributed by atoms with Crippen LogP contribution < -0.4 is 9.64 Å². The molecule has 0 aromatic carbocycles. The lowest BCUT2D eigenvalue weighted by Crippen LogP contribution is -2.35. The number of rotatable bonds is 4. The van der Waals surface area contributed by atoms with E-state index in [4.69, 9.17) is 14.0 Å². The molecule has 1 unspecified atom stereocenters. The number of pyridine rings is 1. The van der Waals surface area contributed by atoms with Crippen molar-refractivity contribution in [3.63, 3.8) is 0 Å². The molecule has 24 heavy (non-hydrogen) atoms. The second-order valence-electron chi connectivity index (χ2n) is 5.68. The number of hydrogen-bond donors (Lipinski definition) is 0. The van der Waals surface area contributed by atoms with Crippen LogP contribution in [0.2, 0.25) is 0 Å². The number of aromatic nitrogens is 3. The Morgan fingerprint density at radius 1 is 1.33 bits per heavy atom. The lowest BCUT2D eigenvalue weighted by molar-refractivity contribution is 0.0596. The molecule has 0 radical (unpaired) electrons. The molecule has 0 spiro atoms. The van der Waals surface area contributed by atoms with Gasteiger partial charge in [0.15, 0.2) is 5.82 Å². The zero-order valence-corrected chi connectivity index (χ0v) is 14.0. The highest BCUT2D eigenvalue weighted by atomic mass is 16.5. The second-order valence-corrected chi connectivity index (χ2v) is 5.68. The van der Waals surface area contributed by atoms with Gasteiger partial charge >= 0.3 is 5.97 Å². The molecule has 1 saturated heterocycles. The molecule has 0 amide bonds. The molecule has 3 heterocycles. The van der Waals surface area contributed by atoms with Gasteiger partial charge in [0.1, 0.15) is 11.4 Å². The van der Waals surface area contributed by atoms with Gasteiger partial charge in [-0.25, -0.2) is 4.79 Å². The first kappa shape index (κ1) is 16.2. The van der Waals surface area contributed by atoms with E-state index in [1.165, 1.54) is 14.2 Å². The summed E-state index contributed by atoms with van der Waals surface area (Å²) in [4.78, 5) is 22.7. The van der Waals surface area contributed by atoms with E-state index in [2.05, 4.69) is 20.0 Å². The minimum absolute atomic E-state index is 0.174. The molecule has 1 fully saturated rings. The summed E-state index contributed by atoms with van der Waals surface area (Å²) in [6.07, 6.45) is 1.99. The molecule has 0 N–H and O–H groups in total. The second kappa shape index (κ2) is 6.86. The highest BCUT2D eigenvalue weighted by molar-refractivity contribution is 5.92. The third-order valence-electron chi connectivity index (χ3n) is 4.08. The summed E-state index contributed by atoms with van der Waals surface area (Å²) >= 11 is 0. The molecular weight excluding hydrogens is 312 g/mol. The smallest absolute Gasteiger partial charge is 0.343 e. The van der Waals surface area contributed by atoms with E-state index < -0.39 is 5.97 Å². The summed E-state index contributed by atoms with van der Waals surface area (Å²) in [5.41, 5.74) is 0.310. The zero-order valence-electron chi connectivity index (χ0n) is 14.0. The fourth-order valence-corrected chi connectivity index (χ4v) is 2.89. The molecule has 0 bridgehead atoms. The molecule has 1 atom stereocenters. The van der Waals surface area contributed by atoms with Crippen LogP contribution in [0.3, 0.4) is 0 Å². The summed E-state index contributed by atoms with van der Waals surface area (Å²) in [6, 6.07) is 3.48. The number of nitrogens with zero attached hydrogens (tertiary/aromatic N) is 4. The van der Waals surface area contributed by atoms with E-state index in [-0.39, 0.29) is 11.8 Å². The minimum atomic E-state index is -0.469. The number of aryl methyl sites for hydroxylation is 1. The van der Waals surface area contributed by atoms with Crippen LogP contribution in [0.4, 0.5) is 5.82 Å². The van der Waals surface area contributed by atoms with E-state index in [9.17, 15) is 4.79 Å². The number of esters is 1. The van der Waals surface area contributed by atoms with E-state index in [1.54, 1.807) is 12.1 Å². The Labute approximate surface area is 139 Å². The first-order valence-electron chi connectivity index (χ1n) is 7.81. The van der Waals surface area contributed by atoms with Crippen molar-refractivity contribution >= 4 is 11.8 Å². The van der Waals surface area contributed by atoms with Crippen LogP contribution in [0.15, 0.2) is 16.7 Å². The monoisotopic (exact) mass is 332 g/mol. The molecule has 0 aliphatic carbocycles. The zero-order chi connectivity index (χ0) is 17.1. The van der Waals surface area contributed by atoms with Gasteiger partial charge in [0.2, 0.25) is 11.8 Å². The Balaban J connectivity index is 1.81. The molecular formula is C16H20N4O4. The topological polar surface area (TPSA) is 90.6 Å². The van der Waals surface area contributed by atoms with E-state index >= 15 is 0 Å². The molecule has 1 aliphatic heterocycles. The molecule has 2 aromatic heterocycles. The molecule has 8 nitrogen and oxygen atoms in total. The van der Waals surface area contributed by atoms with Crippen molar-refractivity contribution < 1.29 is 18.8 Å². The Morgan fingerprint density at radius 3 is 2.83 bits per heavy atom. The number of carbonyl (C=O) groups is 1. The number of piperidine rings is 1. The van der Waals surface area contributed by atoms with Gasteiger partial charge in [-0.15, -0.1) is 0 Å². The van der Waals surface area contributed by atoms with Crippen LogP contribution in [-0.4, -0.2) is 48.4 Å². The van der Waals surface area contributed by atoms with Gasteiger partial charge in [0, 0.05) is 13.1 Å². The van der Waals surface area contributed by atoms with Crippen LogP contribution in [0.1, 0.15) is 40.8 Å². The number of methoxy groups -OCH3 is 2. The number of carbonyl (C=O) groups excluding carboxylic acids is 1. The fourth-order valence-electron chi connectivity index (χ4n) is 2.89. The third kappa shape index (κ3) is 3.17. The summed E-state index contributed by atoms with van der Waals surface area (Å²) in [5, 5.41) is 3.87. The number of anilines is 1. The van der Waals surface area contributed by atoms with Crippen LogP contribution >= 0.6 is 0 Å². The highest BCUT2D eigenvalue weighted by Crippen LogP contribution is 2.30. The van der Waals surface area contributed by atoms with Crippen molar-refractivity contribution in [2.45, 2.75) is 25.7 Å². The Hall–Kier alpha value is -2.64. The number of hydrogen-bond acceptors (Lipinski definition) is 8. The molecule has 2 aromatic rings. The standard InChI is InChI=1S/C16H20N4O4/c1-10-17-14(24-19-10)11-5-4-8-20(9-11)13-7-6-12(16(21)23-3)15(18-13)22-2/h6-7,11H,4-5,8-9H2,1-3H3. The highest BCUT2D eigenvalue weighted by Gasteiger charge is 2.27. The van der Waals surface area contributed by atoms with Gasteiger partial charge in [0.25, 0.3) is 0 Å². The summed E-state index contributed by atoms with van der Waals surface area (Å²) < 4.78 is 15.3. The maximum absolute atomic E-state index is 11.7. The first-order valence-corrected chi connectivity index (χ1v) is 7.81. The SMILES string of the molecule is COC(=O)c1ccc(N2CCCC(c3nc(C)no3)C2)nc1OC. The van der Waals surface area contributed by atoms with Gasteiger partial charge < -0.3 is 18.9 Å². The van der Waals surface area contributed by atoms with Crippen LogP contribution in [0.5, 0.6) is 5.88 Å². The largest absolute Gasteiger partial charge is 0.480 e. The van der Waals surface area contributed by atoms with Crippen LogP contribution in [-0.2, 0) is 4.74 Å². The van der Waals surface area contributed by atoms with Gasteiger partial charge in [0.05, 0.1) is 20.1 Å². The predicted octanol–water partition coefficient (Wildman–Crippen LogP) is 1.95. The van der Waals surface area contributed by atoms with Crippen molar-refractivity contribution in [3.05, 3.63) is 29.4 Å². The molecule has 3 rings (SSSR count). The van der Waals surface area contributed by atoms with E-state index in [1.807, 2.05) is 6.92 Å². The molecule has 128 valence electrons. The lowest BCUT2D eigenvalue weighted by Gasteiger charge is -2.32. The quantitative estimate of drug-likeness (QED) is 0.785. The Bertz CT molecular complexity index is 731. The number of ether oxygens (including phenoxy) is 2. The molecule has 8 heteroatoms. The van der Waals surface area contributed by atoms with Crippen molar-refractivity contribution in [1.29, 1.82) is 0 Å². The average molecular weight is 332 g/mol. The van der Waals surface area contributed by atoms with Gasteiger partial charge in [-0.1, -0.05) is 5.16 Å². The predicted molar refractivity (Wildman–Crippen MR) is 85.4 cm³/mol. The Kier molecular flexibility index (Phi) is 4.64. The summed E-state index contributed by atoms with van der Waals surface area (Å²) in [5.74, 6) is 2.02. The van der Waals surface area contributed by atoms with Crippen molar-refractivity contribution in [3.8, 4) is 5.88 Å². The van der Waals surface area contributed by atoms with Crippen molar-refractivity contribution in [2.75, 3.05) is 32.2 Å². The lowest BCUT2D eigenvalue weighted by atomic mass is 9.98. The average Bonchev–Trinajstić information content (AvgIpc) is 3.07. The maximum Gasteiger partial charge on any atom is 0.343 e. The summed E-state index contributed by atoms with van der Waals surface area (Å²) in [7, 11) is 2.82. The van der Waals surface area contributed by atoms with Gasteiger partial charge in [-0.05, 0) is 31.9 Å². The van der Waals surface area contributed by atoms with Gasteiger partial charge in [-0.2, -0.15) is 9.97 Å². The fraction of sp³-hybridized carbons (Fsp3) is 0.500. The van der Waals surface area contributed by atoms with Crippen molar-refractivity contribution in [2.24, 2.45) is 0 Å².